The molecule has 0 unspecified atom stereocenters. The highest BCUT2D eigenvalue weighted by Gasteiger charge is 2.11. The van der Waals surface area contributed by atoms with E-state index in [0.717, 1.165) is 5.56 Å². The Morgan fingerprint density at radius 1 is 1.18 bits per heavy atom. The molecule has 0 atom stereocenters. The Kier molecular flexibility index (Phi) is 5.40. The first-order chi connectivity index (χ1) is 10.4. The quantitative estimate of drug-likeness (QED) is 0.790. The highest BCUT2D eigenvalue weighted by Crippen LogP contribution is 2.32. The van der Waals surface area contributed by atoms with Gasteiger partial charge in [0.25, 0.3) is 0 Å². The first-order valence-electron chi connectivity index (χ1n) is 6.21. The first kappa shape index (κ1) is 16.7. The Labute approximate surface area is 142 Å². The maximum absolute atomic E-state index is 10.9. The second-order valence-electron chi connectivity index (χ2n) is 4.43. The zero-order chi connectivity index (χ0) is 16.3. The number of benzene rings is 2. The van der Waals surface area contributed by atoms with Crippen molar-refractivity contribution in [1.29, 1.82) is 0 Å². The van der Waals surface area contributed by atoms with E-state index in [9.17, 15) is 4.79 Å². The SMILES string of the molecule is COc1c(Cl)cc(Cl)cc1CNc1ccc(C(=O)O)c(Cl)c1. The third-order valence-corrected chi connectivity index (χ3v) is 3.78. The number of hydrogen-bond acceptors (Lipinski definition) is 3. The smallest absolute Gasteiger partial charge is 0.337 e. The van der Waals surface area contributed by atoms with Gasteiger partial charge in [-0.3, -0.25) is 0 Å². The number of carboxylic acids is 1. The van der Waals surface area contributed by atoms with Crippen LogP contribution < -0.4 is 10.1 Å². The number of ether oxygens (including phenoxy) is 1. The molecule has 2 aromatic rings. The van der Waals surface area contributed by atoms with Gasteiger partial charge >= 0.3 is 5.97 Å². The lowest BCUT2D eigenvalue weighted by molar-refractivity contribution is 0.0697. The summed E-state index contributed by atoms with van der Waals surface area (Å²) < 4.78 is 5.26. The van der Waals surface area contributed by atoms with Gasteiger partial charge in [-0.2, -0.15) is 0 Å². The first-order valence-corrected chi connectivity index (χ1v) is 7.34. The molecule has 2 N–H and O–H groups in total. The molecule has 116 valence electrons. The van der Waals surface area contributed by atoms with Crippen LogP contribution in [-0.2, 0) is 6.54 Å². The van der Waals surface area contributed by atoms with Gasteiger partial charge in [0.05, 0.1) is 22.7 Å². The number of halogens is 3. The molecule has 0 heterocycles. The fourth-order valence-electron chi connectivity index (χ4n) is 1.97. The van der Waals surface area contributed by atoms with Crippen molar-refractivity contribution in [3.05, 3.63) is 56.5 Å². The molecule has 0 aromatic heterocycles. The molecule has 22 heavy (non-hydrogen) atoms. The zero-order valence-electron chi connectivity index (χ0n) is 11.5. The monoisotopic (exact) mass is 359 g/mol. The fourth-order valence-corrected chi connectivity index (χ4v) is 2.84. The van der Waals surface area contributed by atoms with E-state index in [-0.39, 0.29) is 10.6 Å². The molecule has 0 amide bonds. The molecule has 7 heteroatoms. The van der Waals surface area contributed by atoms with Crippen LogP contribution in [0.2, 0.25) is 15.1 Å². The van der Waals surface area contributed by atoms with Crippen molar-refractivity contribution in [1.82, 2.24) is 0 Å². The fraction of sp³-hybridized carbons (Fsp3) is 0.133. The van der Waals surface area contributed by atoms with E-state index < -0.39 is 5.97 Å². The Balaban J connectivity index is 2.20. The molecule has 2 rings (SSSR count). The van der Waals surface area contributed by atoms with Crippen molar-refractivity contribution < 1.29 is 14.6 Å². The molecular formula is C15H12Cl3NO3. The molecule has 0 aliphatic carbocycles. The summed E-state index contributed by atoms with van der Waals surface area (Å²) in [5, 5.41) is 13.2. The van der Waals surface area contributed by atoms with Gasteiger partial charge in [0.1, 0.15) is 5.75 Å². The molecule has 2 aromatic carbocycles. The van der Waals surface area contributed by atoms with Gasteiger partial charge < -0.3 is 15.2 Å². The van der Waals surface area contributed by atoms with E-state index in [1.807, 2.05) is 0 Å². The normalized spacial score (nSPS) is 10.4. The maximum atomic E-state index is 10.9. The maximum Gasteiger partial charge on any atom is 0.337 e. The summed E-state index contributed by atoms with van der Waals surface area (Å²) in [4.78, 5) is 10.9. The minimum atomic E-state index is -1.07. The minimum Gasteiger partial charge on any atom is -0.495 e. The lowest BCUT2D eigenvalue weighted by Crippen LogP contribution is -2.03. The van der Waals surface area contributed by atoms with E-state index in [1.165, 1.54) is 13.2 Å². The number of aromatic carboxylic acids is 1. The van der Waals surface area contributed by atoms with Crippen LogP contribution in [-0.4, -0.2) is 18.2 Å². The van der Waals surface area contributed by atoms with Gasteiger partial charge in [0.15, 0.2) is 0 Å². The lowest BCUT2D eigenvalue weighted by Gasteiger charge is -2.13. The van der Waals surface area contributed by atoms with Crippen molar-refractivity contribution in [2.75, 3.05) is 12.4 Å². The van der Waals surface area contributed by atoms with E-state index in [1.54, 1.807) is 24.3 Å². The van der Waals surface area contributed by atoms with Crippen molar-refractivity contribution in [2.24, 2.45) is 0 Å². The summed E-state index contributed by atoms with van der Waals surface area (Å²) in [6, 6.07) is 7.96. The molecule has 0 bridgehead atoms. The summed E-state index contributed by atoms with van der Waals surface area (Å²) in [6.45, 7) is 0.395. The predicted octanol–water partition coefficient (Wildman–Crippen LogP) is 4.97. The second-order valence-corrected chi connectivity index (χ2v) is 5.68. The number of anilines is 1. The molecule has 0 aliphatic heterocycles. The highest BCUT2D eigenvalue weighted by atomic mass is 35.5. The Morgan fingerprint density at radius 2 is 1.91 bits per heavy atom. The lowest BCUT2D eigenvalue weighted by atomic mass is 10.1. The molecule has 4 nitrogen and oxygen atoms in total. The molecular weight excluding hydrogens is 349 g/mol. The van der Waals surface area contributed by atoms with Crippen LogP contribution in [0.4, 0.5) is 5.69 Å². The van der Waals surface area contributed by atoms with Crippen LogP contribution in [0.5, 0.6) is 5.75 Å². The van der Waals surface area contributed by atoms with Gasteiger partial charge in [-0.25, -0.2) is 4.79 Å². The second kappa shape index (κ2) is 7.09. The van der Waals surface area contributed by atoms with Crippen LogP contribution >= 0.6 is 34.8 Å². The van der Waals surface area contributed by atoms with E-state index in [0.29, 0.717) is 28.0 Å². The van der Waals surface area contributed by atoms with Crippen LogP contribution in [0.15, 0.2) is 30.3 Å². The third-order valence-electron chi connectivity index (χ3n) is 2.97. The van der Waals surface area contributed by atoms with Crippen molar-refractivity contribution in [2.45, 2.75) is 6.54 Å². The summed E-state index contributed by atoms with van der Waals surface area (Å²) in [6.07, 6.45) is 0. The standard InChI is InChI=1S/C15H12Cl3NO3/c1-22-14-8(4-9(16)5-13(14)18)7-19-10-2-3-11(15(20)21)12(17)6-10/h2-6,19H,7H2,1H3,(H,20,21). The van der Waals surface area contributed by atoms with E-state index in [4.69, 9.17) is 44.6 Å². The van der Waals surface area contributed by atoms with Gasteiger partial charge in [-0.1, -0.05) is 34.8 Å². The Hall–Kier alpha value is -1.62. The topological polar surface area (TPSA) is 58.6 Å². The molecule has 0 spiro atoms. The van der Waals surface area contributed by atoms with Crippen LogP contribution in [0.3, 0.4) is 0 Å². The van der Waals surface area contributed by atoms with Crippen LogP contribution in [0, 0.1) is 0 Å². The number of carbonyl (C=O) groups is 1. The third kappa shape index (κ3) is 3.77. The molecule has 0 fully saturated rings. The summed E-state index contributed by atoms with van der Waals surface area (Å²) in [5.41, 5.74) is 1.50. The Bertz CT molecular complexity index is 719. The van der Waals surface area contributed by atoms with Gasteiger partial charge in [-0.05, 0) is 30.3 Å². The predicted molar refractivity (Wildman–Crippen MR) is 88.8 cm³/mol. The van der Waals surface area contributed by atoms with Crippen LogP contribution in [0.25, 0.3) is 0 Å². The van der Waals surface area contributed by atoms with Gasteiger partial charge in [0, 0.05) is 22.8 Å². The average Bonchev–Trinajstić information content (AvgIpc) is 2.44. The summed E-state index contributed by atoms with van der Waals surface area (Å²) in [7, 11) is 1.52. The number of hydrogen-bond donors (Lipinski definition) is 2. The number of carboxylic acid groups (broad SMARTS) is 1. The average molecular weight is 361 g/mol. The Morgan fingerprint density at radius 3 is 2.50 bits per heavy atom. The van der Waals surface area contributed by atoms with Crippen LogP contribution in [0.1, 0.15) is 15.9 Å². The largest absolute Gasteiger partial charge is 0.495 e. The summed E-state index contributed by atoms with van der Waals surface area (Å²) >= 11 is 18.0. The summed E-state index contributed by atoms with van der Waals surface area (Å²) in [5.74, 6) is -0.535. The number of rotatable bonds is 5. The molecule has 0 aliphatic rings. The number of methoxy groups -OCH3 is 1. The van der Waals surface area contributed by atoms with E-state index in [2.05, 4.69) is 5.32 Å². The highest BCUT2D eigenvalue weighted by molar-refractivity contribution is 6.35. The van der Waals surface area contributed by atoms with Crippen molar-refractivity contribution in [3.8, 4) is 5.75 Å². The van der Waals surface area contributed by atoms with Crippen molar-refractivity contribution >= 4 is 46.5 Å². The zero-order valence-corrected chi connectivity index (χ0v) is 13.8. The van der Waals surface area contributed by atoms with E-state index >= 15 is 0 Å². The van der Waals surface area contributed by atoms with Gasteiger partial charge in [0.2, 0.25) is 0 Å². The van der Waals surface area contributed by atoms with Gasteiger partial charge in [-0.15, -0.1) is 0 Å². The molecule has 0 saturated carbocycles. The number of nitrogens with one attached hydrogen (secondary N) is 1. The molecule has 0 saturated heterocycles. The van der Waals surface area contributed by atoms with Crippen molar-refractivity contribution in [3.63, 3.8) is 0 Å². The molecule has 0 radical (unpaired) electrons. The minimum absolute atomic E-state index is 0.0515.